The van der Waals surface area contributed by atoms with Crippen molar-refractivity contribution in [1.29, 1.82) is 0 Å². The van der Waals surface area contributed by atoms with Crippen LogP contribution < -0.4 is 25.6 Å². The first-order valence-electron chi connectivity index (χ1n) is 23.6. The molecule has 5 heterocycles. The van der Waals surface area contributed by atoms with E-state index in [9.17, 15) is 28.8 Å². The molecule has 3 aliphatic heterocycles. The van der Waals surface area contributed by atoms with E-state index in [1.165, 1.54) is 6.33 Å². The van der Waals surface area contributed by atoms with Crippen LogP contribution >= 0.6 is 0 Å². The molecule has 0 saturated carbocycles. The maximum atomic E-state index is 13.3. The number of nitrogens with zero attached hydrogens (tertiary/aromatic N) is 8. The Kier molecular flexibility index (Phi) is 16.2. The number of piperazine rings is 1. The summed E-state index contributed by atoms with van der Waals surface area (Å²) in [6.45, 7) is 6.48. The molecule has 20 nitrogen and oxygen atoms in total. The highest BCUT2D eigenvalue weighted by molar-refractivity contribution is 6.23. The summed E-state index contributed by atoms with van der Waals surface area (Å²) in [7, 11) is 1.88. The van der Waals surface area contributed by atoms with E-state index in [4.69, 9.17) is 14.2 Å². The molecule has 366 valence electrons. The molecule has 2 fully saturated rings. The van der Waals surface area contributed by atoms with Crippen molar-refractivity contribution in [3.05, 3.63) is 113 Å². The number of imide groups is 2. The minimum Gasteiger partial charge on any atom is -0.494 e. The minimum absolute atomic E-state index is 0.0178. The van der Waals surface area contributed by atoms with Gasteiger partial charge >= 0.3 is 0 Å². The highest BCUT2D eigenvalue weighted by Crippen LogP contribution is 2.31. The van der Waals surface area contributed by atoms with Gasteiger partial charge in [0.15, 0.2) is 11.6 Å². The van der Waals surface area contributed by atoms with Crippen LogP contribution in [-0.4, -0.2) is 135 Å². The van der Waals surface area contributed by atoms with Crippen LogP contribution in [0.4, 0.5) is 11.4 Å². The number of hydrogen-bond donors (Lipinski definition) is 3. The zero-order chi connectivity index (χ0) is 49.0. The van der Waals surface area contributed by atoms with Gasteiger partial charge < -0.3 is 39.2 Å². The third-order valence-electron chi connectivity index (χ3n) is 12.5. The molecule has 6 amide bonds. The predicted octanol–water partition coefficient (Wildman–Crippen LogP) is 4.10. The van der Waals surface area contributed by atoms with Crippen molar-refractivity contribution in [1.82, 2.24) is 45.2 Å². The van der Waals surface area contributed by atoms with Gasteiger partial charge in [0.2, 0.25) is 17.7 Å². The largest absolute Gasteiger partial charge is 0.494 e. The molecule has 8 rings (SSSR count). The van der Waals surface area contributed by atoms with E-state index in [0.717, 1.165) is 46.9 Å². The maximum absolute atomic E-state index is 13.3. The van der Waals surface area contributed by atoms with Gasteiger partial charge in [-0.3, -0.25) is 39.0 Å². The van der Waals surface area contributed by atoms with E-state index in [1.54, 1.807) is 41.4 Å². The molecule has 2 saturated heterocycles. The number of rotatable bonds is 22. The molecule has 3 N–H and O–H groups in total. The van der Waals surface area contributed by atoms with Crippen LogP contribution in [0.25, 0.3) is 11.5 Å². The highest BCUT2D eigenvalue weighted by Gasteiger charge is 2.45. The number of carbonyl (C=O) groups is 6. The second-order valence-electron chi connectivity index (χ2n) is 17.3. The zero-order valence-electron chi connectivity index (χ0n) is 39.3. The SMILES string of the molecule is C[C@@H](NC(=O)c1cccc(NCc2nnc(-c3ccncn3)n2C)c1)c1cccc(OCCCCCOCCCOCC(=O)N2CCN(c3ccc4c(c3)C(=O)N(C3CCC(=O)NC3=O)C4=O)CC2)c1. The second kappa shape index (κ2) is 23.1. The number of fused-ring (bicyclic) bond motifs is 1. The average molecular weight is 956 g/mol. The molecule has 0 bridgehead atoms. The Labute approximate surface area is 405 Å². The van der Waals surface area contributed by atoms with Crippen molar-refractivity contribution in [2.45, 2.75) is 64.1 Å². The van der Waals surface area contributed by atoms with Crippen LogP contribution in [0.5, 0.6) is 5.75 Å². The molecule has 3 aromatic carbocycles. The lowest BCUT2D eigenvalue weighted by Crippen LogP contribution is -2.54. The lowest BCUT2D eigenvalue weighted by molar-refractivity contribution is -0.137. The molecule has 70 heavy (non-hydrogen) atoms. The van der Waals surface area contributed by atoms with Crippen LogP contribution in [0, 0.1) is 0 Å². The van der Waals surface area contributed by atoms with Crippen molar-refractivity contribution in [3.8, 4) is 17.3 Å². The predicted molar refractivity (Wildman–Crippen MR) is 256 cm³/mol. The molecule has 2 atom stereocenters. The Morgan fingerprint density at radius 1 is 0.829 bits per heavy atom. The van der Waals surface area contributed by atoms with Crippen LogP contribution in [0.15, 0.2) is 85.3 Å². The third-order valence-corrected chi connectivity index (χ3v) is 12.5. The van der Waals surface area contributed by atoms with Gasteiger partial charge in [0.05, 0.1) is 30.3 Å². The number of aromatic nitrogens is 5. The van der Waals surface area contributed by atoms with Gasteiger partial charge in [0.1, 0.15) is 30.4 Å². The first kappa shape index (κ1) is 48.9. The van der Waals surface area contributed by atoms with Gasteiger partial charge in [0.25, 0.3) is 17.7 Å². The summed E-state index contributed by atoms with van der Waals surface area (Å²) in [6, 6.07) is 20.6. The fourth-order valence-electron chi connectivity index (χ4n) is 8.51. The standard InChI is InChI=1S/C50H57N11O9/c1-33(54-47(64)35-10-6-11-36(27-35)52-30-43-56-57-46(58(43)2)41-17-18-51-32-53-41)34-9-7-12-38(28-34)70-26-5-3-4-23-68-24-8-25-69-31-45(63)60-21-19-59(20-22-60)37-13-14-39-40(29-37)50(67)61(49(39)66)42-15-16-44(62)55-48(42)65/h6-7,9-14,17-18,27-29,32-33,42,52H,3-5,8,15-16,19-26,30-31H2,1-2H3,(H,54,64)(H,55,62,65)/t33-,42?/m1/s1. The Morgan fingerprint density at radius 2 is 1.61 bits per heavy atom. The number of amides is 6. The number of unbranched alkanes of at least 4 members (excludes halogenated alkanes) is 2. The lowest BCUT2D eigenvalue weighted by Gasteiger charge is -2.36. The van der Waals surface area contributed by atoms with Gasteiger partial charge in [-0.1, -0.05) is 18.2 Å². The average Bonchev–Trinajstić information content (AvgIpc) is 3.87. The Hall–Kier alpha value is -7.58. The van der Waals surface area contributed by atoms with Gasteiger partial charge in [-0.2, -0.15) is 0 Å². The smallest absolute Gasteiger partial charge is 0.262 e. The van der Waals surface area contributed by atoms with Gasteiger partial charge in [-0.05, 0) is 99.2 Å². The molecule has 1 unspecified atom stereocenters. The fourth-order valence-corrected chi connectivity index (χ4v) is 8.51. The lowest BCUT2D eigenvalue weighted by atomic mass is 10.0. The second-order valence-corrected chi connectivity index (χ2v) is 17.3. The summed E-state index contributed by atoms with van der Waals surface area (Å²) >= 11 is 0. The molecule has 2 aromatic heterocycles. The van der Waals surface area contributed by atoms with Crippen molar-refractivity contribution in [2.75, 3.05) is 69.4 Å². The van der Waals surface area contributed by atoms with Gasteiger partial charge in [0, 0.05) is 82.6 Å². The zero-order valence-corrected chi connectivity index (χ0v) is 39.3. The summed E-state index contributed by atoms with van der Waals surface area (Å²) in [5, 5.41) is 17.2. The number of benzene rings is 3. The van der Waals surface area contributed by atoms with Crippen molar-refractivity contribution < 1.29 is 43.0 Å². The molecule has 0 radical (unpaired) electrons. The number of ether oxygens (including phenoxy) is 3. The number of carbonyl (C=O) groups excluding carboxylic acids is 6. The monoisotopic (exact) mass is 955 g/mol. The first-order chi connectivity index (χ1) is 34.0. The first-order valence-corrected chi connectivity index (χ1v) is 23.6. The minimum atomic E-state index is -1.02. The molecule has 0 spiro atoms. The summed E-state index contributed by atoms with van der Waals surface area (Å²) < 4.78 is 19.3. The van der Waals surface area contributed by atoms with Gasteiger partial charge in [-0.15, -0.1) is 10.2 Å². The summed E-state index contributed by atoms with van der Waals surface area (Å²) in [5.41, 5.74) is 4.12. The Bertz CT molecular complexity index is 2690. The van der Waals surface area contributed by atoms with E-state index in [-0.39, 0.29) is 48.4 Å². The van der Waals surface area contributed by atoms with Gasteiger partial charge in [-0.25, -0.2) is 9.97 Å². The summed E-state index contributed by atoms with van der Waals surface area (Å²) in [5.74, 6) is -0.357. The number of nitrogens with one attached hydrogen (secondary N) is 3. The van der Waals surface area contributed by atoms with Crippen LogP contribution in [0.1, 0.15) is 94.0 Å². The number of hydrogen-bond acceptors (Lipinski definition) is 15. The number of piperidine rings is 1. The fraction of sp³-hybridized carbons (Fsp3) is 0.400. The van der Waals surface area contributed by atoms with E-state index >= 15 is 0 Å². The summed E-state index contributed by atoms with van der Waals surface area (Å²) in [4.78, 5) is 89.4. The van der Waals surface area contributed by atoms with E-state index in [2.05, 4.69) is 41.0 Å². The van der Waals surface area contributed by atoms with Crippen molar-refractivity contribution in [2.24, 2.45) is 7.05 Å². The molecule has 5 aromatic rings. The molecule has 20 heteroatoms. The van der Waals surface area contributed by atoms with Crippen molar-refractivity contribution in [3.63, 3.8) is 0 Å². The third kappa shape index (κ3) is 12.0. The van der Waals surface area contributed by atoms with Crippen LogP contribution in [0.2, 0.25) is 0 Å². The van der Waals surface area contributed by atoms with Crippen molar-refractivity contribution >= 4 is 46.8 Å². The molecule has 0 aliphatic carbocycles. The summed E-state index contributed by atoms with van der Waals surface area (Å²) in [6.07, 6.45) is 6.65. The normalized spacial score (nSPS) is 16.3. The highest BCUT2D eigenvalue weighted by atomic mass is 16.5. The molecular weight excluding hydrogens is 899 g/mol. The Morgan fingerprint density at radius 3 is 2.43 bits per heavy atom. The van der Waals surface area contributed by atoms with E-state index in [0.29, 0.717) is 88.5 Å². The quantitative estimate of drug-likeness (QED) is 0.0655. The van der Waals surface area contributed by atoms with Crippen LogP contribution in [-0.2, 0) is 37.4 Å². The molecule has 3 aliphatic rings. The topological polar surface area (TPSA) is 232 Å². The van der Waals surface area contributed by atoms with E-state index in [1.807, 2.05) is 61.0 Å². The van der Waals surface area contributed by atoms with E-state index < -0.39 is 29.7 Å². The number of anilines is 2. The van der Waals surface area contributed by atoms with Crippen LogP contribution in [0.3, 0.4) is 0 Å². The Balaban J connectivity index is 0.653. The maximum Gasteiger partial charge on any atom is 0.262 e. The molecular formula is C50H57N11O9.